The van der Waals surface area contributed by atoms with Crippen LogP contribution in [0, 0.1) is 6.92 Å². The zero-order valence-electron chi connectivity index (χ0n) is 20.1. The van der Waals surface area contributed by atoms with Gasteiger partial charge in [0, 0.05) is 17.8 Å². The standard InChI is InChI=1S/C27H26N6O3/c1-18-10-14-21(15-11-18)24-29-26(36-31-24)22-9-6-16-32-25(22)30-33(27(32)35)17-23(34)28-19(2)12-13-20-7-4-3-5-8-20/h3-11,14-16,19H,12-13,17H2,1-2H3,(H,28,34). The molecule has 0 bridgehead atoms. The van der Waals surface area contributed by atoms with Crippen molar-refractivity contribution in [1.29, 1.82) is 0 Å². The molecular weight excluding hydrogens is 456 g/mol. The second kappa shape index (κ2) is 9.99. The number of carbonyl (C=O) groups is 1. The van der Waals surface area contributed by atoms with Gasteiger partial charge in [-0.1, -0.05) is 65.3 Å². The third-order valence-corrected chi connectivity index (χ3v) is 5.99. The van der Waals surface area contributed by atoms with Crippen LogP contribution in [-0.4, -0.2) is 36.3 Å². The van der Waals surface area contributed by atoms with Gasteiger partial charge in [0.25, 0.3) is 5.89 Å². The van der Waals surface area contributed by atoms with E-state index in [0.29, 0.717) is 17.0 Å². The fourth-order valence-corrected chi connectivity index (χ4v) is 4.02. The molecule has 9 nitrogen and oxygen atoms in total. The maximum absolute atomic E-state index is 12.9. The summed E-state index contributed by atoms with van der Waals surface area (Å²) in [4.78, 5) is 30.1. The second-order valence-corrected chi connectivity index (χ2v) is 8.84. The van der Waals surface area contributed by atoms with Crippen LogP contribution >= 0.6 is 0 Å². The Labute approximate surface area is 207 Å². The molecule has 9 heteroatoms. The van der Waals surface area contributed by atoms with Crippen LogP contribution in [-0.2, 0) is 17.8 Å². The van der Waals surface area contributed by atoms with Crippen LogP contribution in [0.15, 0.2) is 82.2 Å². The molecule has 5 aromatic rings. The Morgan fingerprint density at radius 1 is 1.06 bits per heavy atom. The van der Waals surface area contributed by atoms with Crippen LogP contribution in [0.4, 0.5) is 0 Å². The van der Waals surface area contributed by atoms with Crippen molar-refractivity contribution >= 4 is 11.6 Å². The Morgan fingerprint density at radius 2 is 1.83 bits per heavy atom. The van der Waals surface area contributed by atoms with E-state index in [0.717, 1.165) is 28.7 Å². The highest BCUT2D eigenvalue weighted by Gasteiger charge is 2.19. The first kappa shape index (κ1) is 23.2. The lowest BCUT2D eigenvalue weighted by atomic mass is 10.1. The van der Waals surface area contributed by atoms with Crippen molar-refractivity contribution in [3.8, 4) is 22.8 Å². The first-order valence-corrected chi connectivity index (χ1v) is 11.8. The average molecular weight is 483 g/mol. The van der Waals surface area contributed by atoms with Crippen molar-refractivity contribution in [1.82, 2.24) is 29.6 Å². The number of nitrogens with one attached hydrogen (secondary N) is 1. The third kappa shape index (κ3) is 4.95. The molecule has 0 aliphatic carbocycles. The highest BCUT2D eigenvalue weighted by atomic mass is 16.5. The monoisotopic (exact) mass is 482 g/mol. The lowest BCUT2D eigenvalue weighted by molar-refractivity contribution is -0.122. The Morgan fingerprint density at radius 3 is 2.61 bits per heavy atom. The molecule has 1 atom stereocenters. The van der Waals surface area contributed by atoms with Crippen molar-refractivity contribution in [3.63, 3.8) is 0 Å². The first-order valence-electron chi connectivity index (χ1n) is 11.8. The molecule has 1 unspecified atom stereocenters. The van der Waals surface area contributed by atoms with Gasteiger partial charge in [-0.2, -0.15) is 4.98 Å². The van der Waals surface area contributed by atoms with E-state index < -0.39 is 5.69 Å². The lowest BCUT2D eigenvalue weighted by Crippen LogP contribution is -2.37. The van der Waals surface area contributed by atoms with E-state index in [-0.39, 0.29) is 24.4 Å². The molecule has 0 aliphatic rings. The molecule has 182 valence electrons. The zero-order chi connectivity index (χ0) is 25.1. The summed E-state index contributed by atoms with van der Waals surface area (Å²) in [6.45, 7) is 3.77. The van der Waals surface area contributed by atoms with E-state index in [2.05, 4.69) is 32.7 Å². The molecule has 2 aromatic carbocycles. The maximum Gasteiger partial charge on any atom is 0.350 e. The van der Waals surface area contributed by atoms with Gasteiger partial charge in [0.15, 0.2) is 5.65 Å². The minimum atomic E-state index is -0.419. The van der Waals surface area contributed by atoms with Crippen LogP contribution in [0.5, 0.6) is 0 Å². The van der Waals surface area contributed by atoms with Crippen LogP contribution in [0.2, 0.25) is 0 Å². The van der Waals surface area contributed by atoms with Crippen LogP contribution in [0.1, 0.15) is 24.5 Å². The van der Waals surface area contributed by atoms with Gasteiger partial charge in [0.1, 0.15) is 6.54 Å². The molecule has 36 heavy (non-hydrogen) atoms. The highest BCUT2D eigenvalue weighted by molar-refractivity contribution is 5.76. The molecular formula is C27H26N6O3. The molecule has 3 heterocycles. The summed E-state index contributed by atoms with van der Waals surface area (Å²) in [5.74, 6) is 0.409. The molecule has 0 saturated carbocycles. The number of carbonyl (C=O) groups excluding carboxylic acids is 1. The lowest BCUT2D eigenvalue weighted by Gasteiger charge is -2.13. The smallest absolute Gasteiger partial charge is 0.350 e. The molecule has 0 aliphatic heterocycles. The summed E-state index contributed by atoms with van der Waals surface area (Å²) < 4.78 is 8.01. The van der Waals surface area contributed by atoms with E-state index in [1.165, 1.54) is 9.96 Å². The third-order valence-electron chi connectivity index (χ3n) is 5.99. The summed E-state index contributed by atoms with van der Waals surface area (Å²) >= 11 is 0. The first-order chi connectivity index (χ1) is 17.5. The van der Waals surface area contributed by atoms with Crippen molar-refractivity contribution < 1.29 is 9.32 Å². The highest BCUT2D eigenvalue weighted by Crippen LogP contribution is 2.24. The summed E-state index contributed by atoms with van der Waals surface area (Å²) in [7, 11) is 0. The van der Waals surface area contributed by atoms with Crippen molar-refractivity contribution in [2.24, 2.45) is 0 Å². The molecule has 1 amide bonds. The number of amides is 1. The fourth-order valence-electron chi connectivity index (χ4n) is 4.02. The molecule has 1 N–H and O–H groups in total. The minimum Gasteiger partial charge on any atom is -0.352 e. The topological polar surface area (TPSA) is 107 Å². The number of hydrogen-bond acceptors (Lipinski definition) is 6. The molecule has 0 saturated heterocycles. The molecule has 0 radical (unpaired) electrons. The van der Waals surface area contributed by atoms with E-state index >= 15 is 0 Å². The zero-order valence-corrected chi connectivity index (χ0v) is 20.1. The normalized spacial score (nSPS) is 12.1. The SMILES string of the molecule is Cc1ccc(-c2noc(-c3cccn4c(=O)n(CC(=O)NC(C)CCc5ccccc5)nc34)n2)cc1. The minimum absolute atomic E-state index is 0.0420. The Bertz CT molecular complexity index is 1550. The van der Waals surface area contributed by atoms with Gasteiger partial charge in [-0.3, -0.25) is 4.79 Å². The largest absolute Gasteiger partial charge is 0.352 e. The van der Waals surface area contributed by atoms with Gasteiger partial charge in [0.05, 0.1) is 5.56 Å². The Kier molecular flexibility index (Phi) is 6.44. The number of fused-ring (bicyclic) bond motifs is 1. The van der Waals surface area contributed by atoms with Gasteiger partial charge in [0.2, 0.25) is 11.7 Å². The number of nitrogens with zero attached hydrogens (tertiary/aromatic N) is 5. The summed E-state index contributed by atoms with van der Waals surface area (Å²) in [6, 6.07) is 21.3. The van der Waals surface area contributed by atoms with Gasteiger partial charge >= 0.3 is 5.69 Å². The van der Waals surface area contributed by atoms with Gasteiger partial charge in [-0.15, -0.1) is 5.10 Å². The van der Waals surface area contributed by atoms with E-state index in [1.54, 1.807) is 18.3 Å². The quantitative estimate of drug-likeness (QED) is 0.362. The van der Waals surface area contributed by atoms with Crippen LogP contribution in [0.3, 0.4) is 0 Å². The number of benzene rings is 2. The fraction of sp³-hybridized carbons (Fsp3) is 0.222. The van der Waals surface area contributed by atoms with Crippen molar-refractivity contribution in [3.05, 3.63) is 94.5 Å². The van der Waals surface area contributed by atoms with Crippen molar-refractivity contribution in [2.45, 2.75) is 39.3 Å². The van der Waals surface area contributed by atoms with Crippen molar-refractivity contribution in [2.75, 3.05) is 0 Å². The average Bonchev–Trinajstić information content (AvgIpc) is 3.49. The van der Waals surface area contributed by atoms with Crippen LogP contribution in [0.25, 0.3) is 28.5 Å². The number of aryl methyl sites for hydroxylation is 2. The Hall–Kier alpha value is -4.53. The predicted octanol–water partition coefficient (Wildman–Crippen LogP) is 3.66. The molecule has 0 spiro atoms. The summed E-state index contributed by atoms with van der Waals surface area (Å²) in [6.07, 6.45) is 3.25. The molecule has 5 rings (SSSR count). The number of hydrogen-bond donors (Lipinski definition) is 1. The van der Waals surface area contributed by atoms with Gasteiger partial charge in [-0.05, 0) is 44.4 Å². The summed E-state index contributed by atoms with van der Waals surface area (Å²) in [5, 5.41) is 11.4. The molecule has 3 aromatic heterocycles. The van der Waals surface area contributed by atoms with Crippen LogP contribution < -0.4 is 11.0 Å². The molecule has 0 fully saturated rings. The second-order valence-electron chi connectivity index (χ2n) is 8.84. The number of aromatic nitrogens is 5. The predicted molar refractivity (Wildman–Crippen MR) is 135 cm³/mol. The van der Waals surface area contributed by atoms with Gasteiger partial charge < -0.3 is 9.84 Å². The Balaban J connectivity index is 1.32. The van der Waals surface area contributed by atoms with E-state index in [4.69, 9.17) is 4.52 Å². The number of rotatable bonds is 8. The summed E-state index contributed by atoms with van der Waals surface area (Å²) in [5.41, 5.74) is 3.60. The van der Waals surface area contributed by atoms with Gasteiger partial charge in [-0.25, -0.2) is 13.9 Å². The van der Waals surface area contributed by atoms with E-state index in [1.807, 2.05) is 56.3 Å². The maximum atomic E-state index is 12.9. The van der Waals surface area contributed by atoms with E-state index in [9.17, 15) is 9.59 Å². The number of pyridine rings is 1.